The Balaban J connectivity index is 1.98. The number of hydrogen-bond donors (Lipinski definition) is 3. The van der Waals surface area contributed by atoms with Crippen LogP contribution in [-0.2, 0) is 9.59 Å². The molecule has 2 aliphatic heterocycles. The van der Waals surface area contributed by atoms with Crippen LogP contribution < -0.4 is 21.1 Å². The van der Waals surface area contributed by atoms with E-state index in [9.17, 15) is 14.4 Å². The second-order valence-corrected chi connectivity index (χ2v) is 6.54. The molecule has 0 radical (unpaired) electrons. The number of aromatic nitrogens is 2. The molecule has 1 fully saturated rings. The van der Waals surface area contributed by atoms with Gasteiger partial charge < -0.3 is 15.5 Å². The van der Waals surface area contributed by atoms with Crippen molar-refractivity contribution in [3.8, 4) is 0 Å². The van der Waals surface area contributed by atoms with E-state index < -0.39 is 5.92 Å². The maximum absolute atomic E-state index is 12.6. The summed E-state index contributed by atoms with van der Waals surface area (Å²) >= 11 is 0. The number of nitrogens with one attached hydrogen (secondary N) is 3. The average Bonchev–Trinajstić information content (AvgIpc) is 2.53. The number of fused-ring (bicyclic) bond motifs is 1. The Hall–Kier alpha value is -2.38. The number of nitrogens with zero attached hydrogens (tertiary/aromatic N) is 2. The van der Waals surface area contributed by atoms with Crippen molar-refractivity contribution in [3.63, 3.8) is 0 Å². The van der Waals surface area contributed by atoms with E-state index in [1.165, 1.54) is 0 Å². The van der Waals surface area contributed by atoms with Gasteiger partial charge in [-0.2, -0.15) is 4.98 Å². The summed E-state index contributed by atoms with van der Waals surface area (Å²) in [6.07, 6.45) is 2.15. The number of likely N-dealkylation sites (N-methyl/N-ethyl adjacent to an activating group) is 1. The van der Waals surface area contributed by atoms with E-state index in [0.29, 0.717) is 18.4 Å². The molecule has 0 bridgehead atoms. The van der Waals surface area contributed by atoms with Crippen LogP contribution in [-0.4, -0.2) is 41.4 Å². The van der Waals surface area contributed by atoms with Gasteiger partial charge in [0, 0.05) is 26.1 Å². The lowest BCUT2D eigenvalue weighted by molar-refractivity contribution is -0.126. The monoisotopic (exact) mass is 333 g/mol. The lowest BCUT2D eigenvalue weighted by Gasteiger charge is -2.32. The standard InChI is InChI=1S/C16H23N5O3/c1-3-17-14(23)10-7-11(22)18-13-12(10)15(24)20-16(19-13)21-6-4-5-9(2)8-21/h9-10H,3-8H2,1-2H3,(H,17,23)(H2,18,19,20,22,24)/t9-,10+/m1/s1. The van der Waals surface area contributed by atoms with Gasteiger partial charge in [0.25, 0.3) is 5.56 Å². The maximum Gasteiger partial charge on any atom is 0.258 e. The molecular formula is C16H23N5O3. The molecule has 0 aliphatic carbocycles. The summed E-state index contributed by atoms with van der Waals surface area (Å²) in [6.45, 7) is 6.04. The van der Waals surface area contributed by atoms with E-state index in [4.69, 9.17) is 0 Å². The van der Waals surface area contributed by atoms with E-state index in [1.807, 2.05) is 4.90 Å². The number of rotatable bonds is 3. The van der Waals surface area contributed by atoms with Crippen LogP contribution in [0.25, 0.3) is 0 Å². The van der Waals surface area contributed by atoms with Crippen LogP contribution in [0.2, 0.25) is 0 Å². The normalized spacial score (nSPS) is 23.4. The van der Waals surface area contributed by atoms with Gasteiger partial charge in [0.05, 0.1) is 11.5 Å². The van der Waals surface area contributed by atoms with Gasteiger partial charge in [-0.15, -0.1) is 0 Å². The number of hydrogen-bond acceptors (Lipinski definition) is 5. The first-order valence-electron chi connectivity index (χ1n) is 8.46. The number of anilines is 2. The molecule has 2 amide bonds. The quantitative estimate of drug-likeness (QED) is 0.749. The van der Waals surface area contributed by atoms with Gasteiger partial charge in [0.1, 0.15) is 5.82 Å². The number of carbonyl (C=O) groups excluding carboxylic acids is 2. The molecule has 8 nitrogen and oxygen atoms in total. The van der Waals surface area contributed by atoms with Crippen LogP contribution in [0.15, 0.2) is 4.79 Å². The molecule has 0 aromatic carbocycles. The Labute approximate surface area is 140 Å². The Morgan fingerprint density at radius 3 is 2.92 bits per heavy atom. The van der Waals surface area contributed by atoms with Gasteiger partial charge in [-0.1, -0.05) is 6.92 Å². The van der Waals surface area contributed by atoms with Crippen LogP contribution in [0.5, 0.6) is 0 Å². The first kappa shape index (κ1) is 16.5. The zero-order valence-corrected chi connectivity index (χ0v) is 14.0. The highest BCUT2D eigenvalue weighted by molar-refractivity contribution is 6.00. The minimum Gasteiger partial charge on any atom is -0.356 e. The van der Waals surface area contributed by atoms with Crippen molar-refractivity contribution in [3.05, 3.63) is 15.9 Å². The maximum atomic E-state index is 12.6. The van der Waals surface area contributed by atoms with E-state index in [2.05, 4.69) is 27.5 Å². The zero-order chi connectivity index (χ0) is 17.3. The van der Waals surface area contributed by atoms with Crippen molar-refractivity contribution in [2.75, 3.05) is 29.9 Å². The van der Waals surface area contributed by atoms with Crippen LogP contribution in [0, 0.1) is 5.92 Å². The second-order valence-electron chi connectivity index (χ2n) is 6.54. The summed E-state index contributed by atoms with van der Waals surface area (Å²) in [5.74, 6) is -0.214. The highest BCUT2D eigenvalue weighted by Crippen LogP contribution is 2.30. The third-order valence-electron chi connectivity index (χ3n) is 4.56. The van der Waals surface area contributed by atoms with Crippen LogP contribution in [0.3, 0.4) is 0 Å². The summed E-state index contributed by atoms with van der Waals surface area (Å²) in [6, 6.07) is 0. The summed E-state index contributed by atoms with van der Waals surface area (Å²) in [5.41, 5.74) is -0.112. The highest BCUT2D eigenvalue weighted by atomic mass is 16.2. The topological polar surface area (TPSA) is 107 Å². The predicted octanol–water partition coefficient (Wildman–Crippen LogP) is 0.568. The van der Waals surface area contributed by atoms with Gasteiger partial charge in [-0.05, 0) is 25.7 Å². The van der Waals surface area contributed by atoms with Crippen molar-refractivity contribution in [2.24, 2.45) is 5.92 Å². The summed E-state index contributed by atoms with van der Waals surface area (Å²) in [5, 5.41) is 5.32. The van der Waals surface area contributed by atoms with E-state index in [1.54, 1.807) is 6.92 Å². The molecule has 1 aromatic heterocycles. The van der Waals surface area contributed by atoms with Crippen molar-refractivity contribution in [2.45, 2.75) is 39.0 Å². The number of piperidine rings is 1. The van der Waals surface area contributed by atoms with Crippen LogP contribution in [0.4, 0.5) is 11.8 Å². The first-order chi connectivity index (χ1) is 11.5. The van der Waals surface area contributed by atoms with Gasteiger partial charge in [0.2, 0.25) is 17.8 Å². The third-order valence-corrected chi connectivity index (χ3v) is 4.56. The van der Waals surface area contributed by atoms with Gasteiger partial charge in [0.15, 0.2) is 0 Å². The lowest BCUT2D eigenvalue weighted by Crippen LogP contribution is -2.41. The van der Waals surface area contributed by atoms with Crippen molar-refractivity contribution in [1.82, 2.24) is 15.3 Å². The first-order valence-corrected chi connectivity index (χ1v) is 8.46. The SMILES string of the molecule is CCNC(=O)[C@H]1CC(=O)Nc2nc(N3CCC[C@@H](C)C3)[nH]c(=O)c21. The average molecular weight is 333 g/mol. The zero-order valence-electron chi connectivity index (χ0n) is 14.0. The third kappa shape index (κ3) is 3.13. The fourth-order valence-electron chi connectivity index (χ4n) is 3.41. The Morgan fingerprint density at radius 1 is 1.42 bits per heavy atom. The van der Waals surface area contributed by atoms with Crippen molar-refractivity contribution in [1.29, 1.82) is 0 Å². The van der Waals surface area contributed by atoms with E-state index in [0.717, 1.165) is 25.9 Å². The Kier molecular flexibility index (Phi) is 4.55. The van der Waals surface area contributed by atoms with Gasteiger partial charge >= 0.3 is 0 Å². The van der Waals surface area contributed by atoms with E-state index in [-0.39, 0.29) is 35.2 Å². The number of amides is 2. The van der Waals surface area contributed by atoms with Crippen LogP contribution in [0.1, 0.15) is 44.6 Å². The molecule has 24 heavy (non-hydrogen) atoms. The van der Waals surface area contributed by atoms with Crippen molar-refractivity contribution >= 4 is 23.6 Å². The van der Waals surface area contributed by atoms with Gasteiger partial charge in [-0.25, -0.2) is 0 Å². The molecule has 1 saturated heterocycles. The smallest absolute Gasteiger partial charge is 0.258 e. The molecule has 8 heteroatoms. The molecule has 0 spiro atoms. The van der Waals surface area contributed by atoms with E-state index >= 15 is 0 Å². The molecule has 3 rings (SSSR count). The summed E-state index contributed by atoms with van der Waals surface area (Å²) in [4.78, 5) is 46.0. The number of aromatic amines is 1. The molecule has 0 saturated carbocycles. The summed E-state index contributed by atoms with van der Waals surface area (Å²) in [7, 11) is 0. The van der Waals surface area contributed by atoms with Gasteiger partial charge in [-0.3, -0.25) is 19.4 Å². The molecule has 0 unspecified atom stereocenters. The molecule has 2 atom stereocenters. The highest BCUT2D eigenvalue weighted by Gasteiger charge is 2.35. The second kappa shape index (κ2) is 6.62. The predicted molar refractivity (Wildman–Crippen MR) is 90.1 cm³/mol. The minimum absolute atomic E-state index is 0.0380. The molecule has 3 N–H and O–H groups in total. The lowest BCUT2D eigenvalue weighted by atomic mass is 9.92. The largest absolute Gasteiger partial charge is 0.356 e. The molecule has 2 aliphatic rings. The summed E-state index contributed by atoms with van der Waals surface area (Å²) < 4.78 is 0. The number of H-pyrrole nitrogens is 1. The molecular weight excluding hydrogens is 310 g/mol. The fourth-order valence-corrected chi connectivity index (χ4v) is 3.41. The fraction of sp³-hybridized carbons (Fsp3) is 0.625. The minimum atomic E-state index is -0.792. The molecule has 3 heterocycles. The Morgan fingerprint density at radius 2 is 2.21 bits per heavy atom. The van der Waals surface area contributed by atoms with Crippen LogP contribution >= 0.6 is 0 Å². The Bertz CT molecular complexity index is 714. The molecule has 1 aromatic rings. The molecule has 130 valence electrons. The number of carbonyl (C=O) groups is 2. The van der Waals surface area contributed by atoms with Crippen molar-refractivity contribution < 1.29 is 9.59 Å².